The predicted molar refractivity (Wildman–Crippen MR) is 71.9 cm³/mol. The molecule has 0 unspecified atom stereocenters. The maximum Gasteiger partial charge on any atom is 0.115 e. The first kappa shape index (κ1) is 13.8. The van der Waals surface area contributed by atoms with Crippen molar-refractivity contribution in [2.24, 2.45) is 11.7 Å². The third kappa shape index (κ3) is 2.90. The SMILES string of the molecule is Cl.N[C@@H](c1cc(O)ccc1Br)C1CCCC1. The molecule has 0 amide bonds. The number of aromatic hydroxyl groups is 1. The summed E-state index contributed by atoms with van der Waals surface area (Å²) in [7, 11) is 0. The number of benzene rings is 1. The van der Waals surface area contributed by atoms with Crippen molar-refractivity contribution in [1.29, 1.82) is 0 Å². The maximum atomic E-state index is 9.45. The van der Waals surface area contributed by atoms with Crippen LogP contribution in [0.4, 0.5) is 0 Å². The van der Waals surface area contributed by atoms with Gasteiger partial charge in [-0.15, -0.1) is 12.4 Å². The molecule has 1 saturated carbocycles. The molecule has 1 aromatic carbocycles. The number of phenolic OH excluding ortho intramolecular Hbond substituents is 1. The summed E-state index contributed by atoms with van der Waals surface area (Å²) < 4.78 is 1.000. The highest BCUT2D eigenvalue weighted by Gasteiger charge is 2.24. The van der Waals surface area contributed by atoms with Gasteiger partial charge in [-0.1, -0.05) is 28.8 Å². The van der Waals surface area contributed by atoms with Crippen molar-refractivity contribution < 1.29 is 5.11 Å². The third-order valence-electron chi connectivity index (χ3n) is 3.25. The number of hydrogen-bond acceptors (Lipinski definition) is 2. The Morgan fingerprint density at radius 3 is 2.56 bits per heavy atom. The zero-order valence-electron chi connectivity index (χ0n) is 9.03. The Kier molecular flexibility index (Phi) is 5.09. The van der Waals surface area contributed by atoms with Crippen LogP contribution in [0.1, 0.15) is 37.3 Å². The molecule has 2 nitrogen and oxygen atoms in total. The van der Waals surface area contributed by atoms with Crippen LogP contribution < -0.4 is 5.73 Å². The molecule has 0 aliphatic heterocycles. The molecule has 1 aliphatic rings. The van der Waals surface area contributed by atoms with Crippen LogP contribution in [0.3, 0.4) is 0 Å². The van der Waals surface area contributed by atoms with E-state index in [4.69, 9.17) is 5.73 Å². The van der Waals surface area contributed by atoms with Crippen molar-refractivity contribution >= 4 is 28.3 Å². The van der Waals surface area contributed by atoms with Crippen LogP contribution >= 0.6 is 28.3 Å². The van der Waals surface area contributed by atoms with Crippen molar-refractivity contribution in [2.45, 2.75) is 31.7 Å². The van der Waals surface area contributed by atoms with Crippen LogP contribution in [-0.2, 0) is 0 Å². The molecule has 0 radical (unpaired) electrons. The monoisotopic (exact) mass is 305 g/mol. The summed E-state index contributed by atoms with van der Waals surface area (Å²) in [6.07, 6.45) is 5.00. The van der Waals surface area contributed by atoms with Gasteiger partial charge in [0.25, 0.3) is 0 Å². The van der Waals surface area contributed by atoms with Crippen LogP contribution in [0, 0.1) is 5.92 Å². The highest BCUT2D eigenvalue weighted by atomic mass is 79.9. The zero-order valence-corrected chi connectivity index (χ0v) is 11.4. The van der Waals surface area contributed by atoms with Gasteiger partial charge in [0.15, 0.2) is 0 Å². The Hall–Kier alpha value is -0.250. The Labute approximate surface area is 111 Å². The van der Waals surface area contributed by atoms with Gasteiger partial charge in [0.2, 0.25) is 0 Å². The van der Waals surface area contributed by atoms with E-state index in [1.165, 1.54) is 25.7 Å². The topological polar surface area (TPSA) is 46.2 Å². The first-order chi connectivity index (χ1) is 7.18. The van der Waals surface area contributed by atoms with Gasteiger partial charge in [-0.3, -0.25) is 0 Å². The fraction of sp³-hybridized carbons (Fsp3) is 0.500. The van der Waals surface area contributed by atoms with Gasteiger partial charge in [-0.25, -0.2) is 0 Å². The van der Waals surface area contributed by atoms with E-state index in [9.17, 15) is 5.11 Å². The molecule has 16 heavy (non-hydrogen) atoms. The second kappa shape index (κ2) is 5.89. The molecule has 1 aromatic rings. The summed E-state index contributed by atoms with van der Waals surface area (Å²) in [5.74, 6) is 0.866. The standard InChI is InChI=1S/C12H16BrNO.ClH/c13-11-6-5-9(15)7-10(11)12(14)8-3-1-2-4-8;/h5-8,12,15H,1-4,14H2;1H/t12-;/m1./s1. The number of hydrogen-bond donors (Lipinski definition) is 2. The average molecular weight is 307 g/mol. The molecule has 0 saturated heterocycles. The highest BCUT2D eigenvalue weighted by molar-refractivity contribution is 9.10. The number of halogens is 2. The molecule has 2 rings (SSSR count). The van der Waals surface area contributed by atoms with E-state index in [-0.39, 0.29) is 18.4 Å². The molecule has 0 aromatic heterocycles. The van der Waals surface area contributed by atoms with Gasteiger partial charge >= 0.3 is 0 Å². The molecular weight excluding hydrogens is 289 g/mol. The smallest absolute Gasteiger partial charge is 0.115 e. The van der Waals surface area contributed by atoms with Crippen LogP contribution in [-0.4, -0.2) is 5.11 Å². The predicted octanol–water partition coefficient (Wildman–Crippen LogP) is 3.77. The minimum atomic E-state index is 0. The van der Waals surface area contributed by atoms with Crippen LogP contribution in [0.15, 0.2) is 22.7 Å². The van der Waals surface area contributed by atoms with Crippen molar-refractivity contribution in [3.05, 3.63) is 28.2 Å². The van der Waals surface area contributed by atoms with Crippen molar-refractivity contribution in [3.8, 4) is 5.75 Å². The quantitative estimate of drug-likeness (QED) is 0.874. The molecule has 90 valence electrons. The molecule has 4 heteroatoms. The molecular formula is C12H17BrClNO. The van der Waals surface area contributed by atoms with Gasteiger partial charge in [0.05, 0.1) is 0 Å². The summed E-state index contributed by atoms with van der Waals surface area (Å²) in [5, 5.41) is 9.45. The second-order valence-electron chi connectivity index (χ2n) is 4.28. The van der Waals surface area contributed by atoms with E-state index >= 15 is 0 Å². The summed E-state index contributed by atoms with van der Waals surface area (Å²) >= 11 is 3.49. The van der Waals surface area contributed by atoms with Crippen LogP contribution in [0.5, 0.6) is 5.75 Å². The number of nitrogens with two attached hydrogens (primary N) is 1. The molecule has 1 aliphatic carbocycles. The van der Waals surface area contributed by atoms with E-state index in [1.807, 2.05) is 6.07 Å². The molecule has 0 spiro atoms. The van der Waals surface area contributed by atoms with Crippen LogP contribution in [0.2, 0.25) is 0 Å². The molecule has 0 bridgehead atoms. The molecule has 1 fully saturated rings. The van der Waals surface area contributed by atoms with E-state index in [0.29, 0.717) is 11.7 Å². The van der Waals surface area contributed by atoms with E-state index in [2.05, 4.69) is 15.9 Å². The van der Waals surface area contributed by atoms with Crippen LogP contribution in [0.25, 0.3) is 0 Å². The lowest BCUT2D eigenvalue weighted by Gasteiger charge is -2.20. The van der Waals surface area contributed by atoms with Crippen molar-refractivity contribution in [2.75, 3.05) is 0 Å². The lowest BCUT2D eigenvalue weighted by molar-refractivity contribution is 0.437. The summed E-state index contributed by atoms with van der Waals surface area (Å²) in [6, 6.07) is 5.36. The lowest BCUT2D eigenvalue weighted by Crippen LogP contribution is -2.19. The van der Waals surface area contributed by atoms with Gasteiger partial charge in [-0.05, 0) is 42.5 Å². The Balaban J connectivity index is 0.00000128. The third-order valence-corrected chi connectivity index (χ3v) is 3.97. The summed E-state index contributed by atoms with van der Waals surface area (Å²) in [4.78, 5) is 0. The minimum absolute atomic E-state index is 0. The Morgan fingerprint density at radius 1 is 1.31 bits per heavy atom. The number of phenols is 1. The Morgan fingerprint density at radius 2 is 1.94 bits per heavy atom. The van der Waals surface area contributed by atoms with E-state index < -0.39 is 0 Å². The molecule has 3 N–H and O–H groups in total. The van der Waals surface area contributed by atoms with E-state index in [1.54, 1.807) is 12.1 Å². The molecule has 1 atom stereocenters. The van der Waals surface area contributed by atoms with Crippen molar-refractivity contribution in [1.82, 2.24) is 0 Å². The molecule has 0 heterocycles. The van der Waals surface area contributed by atoms with Gasteiger partial charge in [-0.2, -0.15) is 0 Å². The first-order valence-corrected chi connectivity index (χ1v) is 6.22. The maximum absolute atomic E-state index is 9.45. The van der Waals surface area contributed by atoms with Gasteiger partial charge in [0, 0.05) is 10.5 Å². The second-order valence-corrected chi connectivity index (χ2v) is 5.13. The summed E-state index contributed by atoms with van der Waals surface area (Å²) in [5.41, 5.74) is 7.26. The van der Waals surface area contributed by atoms with E-state index in [0.717, 1.165) is 10.0 Å². The van der Waals surface area contributed by atoms with Gasteiger partial charge < -0.3 is 10.8 Å². The Bertz CT molecular complexity index is 353. The largest absolute Gasteiger partial charge is 0.508 e. The lowest BCUT2D eigenvalue weighted by atomic mass is 9.92. The fourth-order valence-corrected chi connectivity index (χ4v) is 2.87. The van der Waals surface area contributed by atoms with Crippen molar-refractivity contribution in [3.63, 3.8) is 0 Å². The minimum Gasteiger partial charge on any atom is -0.508 e. The highest BCUT2D eigenvalue weighted by Crippen LogP contribution is 2.37. The van der Waals surface area contributed by atoms with Gasteiger partial charge in [0.1, 0.15) is 5.75 Å². The first-order valence-electron chi connectivity index (χ1n) is 5.42. The normalized spacial score (nSPS) is 18.1. The fourth-order valence-electron chi connectivity index (χ4n) is 2.36. The zero-order chi connectivity index (χ0) is 10.8. The summed E-state index contributed by atoms with van der Waals surface area (Å²) in [6.45, 7) is 0. The average Bonchev–Trinajstić information content (AvgIpc) is 2.74. The number of rotatable bonds is 2.